The van der Waals surface area contributed by atoms with E-state index < -0.39 is 0 Å². The van der Waals surface area contributed by atoms with Crippen LogP contribution in [0.25, 0.3) is 0 Å². The van der Waals surface area contributed by atoms with Crippen molar-refractivity contribution in [3.8, 4) is 0 Å². The van der Waals surface area contributed by atoms with Gasteiger partial charge in [-0.1, -0.05) is 42.0 Å². The Labute approximate surface area is 188 Å². The number of carbonyl (C=O) groups is 3. The fourth-order valence-corrected chi connectivity index (χ4v) is 3.53. The van der Waals surface area contributed by atoms with E-state index in [-0.39, 0.29) is 24.5 Å². The van der Waals surface area contributed by atoms with Crippen LogP contribution in [-0.4, -0.2) is 67.5 Å². The molecule has 8 heteroatoms. The van der Waals surface area contributed by atoms with Crippen molar-refractivity contribution in [3.63, 3.8) is 0 Å². The molecular formula is C24H30N4O4. The quantitative estimate of drug-likeness (QED) is 0.693. The van der Waals surface area contributed by atoms with E-state index >= 15 is 0 Å². The summed E-state index contributed by atoms with van der Waals surface area (Å²) in [6.45, 7) is 4.41. The van der Waals surface area contributed by atoms with E-state index in [0.717, 1.165) is 11.1 Å². The molecule has 170 valence electrons. The Kier molecular flexibility index (Phi) is 8.21. The number of rotatable bonds is 7. The zero-order valence-electron chi connectivity index (χ0n) is 18.6. The number of benzene rings is 2. The maximum atomic E-state index is 12.6. The summed E-state index contributed by atoms with van der Waals surface area (Å²) in [7, 11) is 1.46. The maximum Gasteiger partial charge on any atom is 0.317 e. The largest absolute Gasteiger partial charge is 0.375 e. The second kappa shape index (κ2) is 11.3. The number of piperazine rings is 1. The van der Waals surface area contributed by atoms with Crippen LogP contribution in [0.3, 0.4) is 0 Å². The van der Waals surface area contributed by atoms with Gasteiger partial charge in [-0.15, -0.1) is 0 Å². The van der Waals surface area contributed by atoms with Gasteiger partial charge in [0, 0.05) is 45.5 Å². The van der Waals surface area contributed by atoms with Gasteiger partial charge < -0.3 is 25.2 Å². The highest BCUT2D eigenvalue weighted by molar-refractivity contribution is 5.91. The normalized spacial score (nSPS) is 13.6. The fourth-order valence-electron chi connectivity index (χ4n) is 3.53. The number of ether oxygens (including phenoxy) is 1. The van der Waals surface area contributed by atoms with Gasteiger partial charge in [-0.3, -0.25) is 9.59 Å². The van der Waals surface area contributed by atoms with Crippen molar-refractivity contribution in [2.24, 2.45) is 0 Å². The molecule has 4 amide bonds. The Hall–Kier alpha value is -3.39. The molecule has 2 aromatic rings. The molecule has 2 aromatic carbocycles. The molecule has 1 heterocycles. The smallest absolute Gasteiger partial charge is 0.317 e. The van der Waals surface area contributed by atoms with Gasteiger partial charge in [-0.2, -0.15) is 0 Å². The molecule has 0 spiro atoms. The number of aryl methyl sites for hydroxylation is 1. The number of hydrogen-bond donors (Lipinski definition) is 2. The first-order valence-corrected chi connectivity index (χ1v) is 10.7. The van der Waals surface area contributed by atoms with Crippen molar-refractivity contribution in [3.05, 3.63) is 65.2 Å². The topological polar surface area (TPSA) is 91.0 Å². The van der Waals surface area contributed by atoms with Crippen LogP contribution in [0.1, 0.15) is 16.7 Å². The summed E-state index contributed by atoms with van der Waals surface area (Å²) in [6, 6.07) is 15.1. The van der Waals surface area contributed by atoms with Gasteiger partial charge in [0.15, 0.2) is 0 Å². The highest BCUT2D eigenvalue weighted by Crippen LogP contribution is 2.12. The number of nitrogens with zero attached hydrogens (tertiary/aromatic N) is 2. The molecule has 0 aromatic heterocycles. The summed E-state index contributed by atoms with van der Waals surface area (Å²) in [5, 5.41) is 5.65. The first kappa shape index (κ1) is 23.3. The van der Waals surface area contributed by atoms with Crippen molar-refractivity contribution in [2.75, 3.05) is 45.2 Å². The number of carbonyl (C=O) groups excluding carboxylic acids is 3. The Morgan fingerprint density at radius 2 is 1.62 bits per heavy atom. The van der Waals surface area contributed by atoms with E-state index in [1.54, 1.807) is 11.0 Å². The Morgan fingerprint density at radius 1 is 0.938 bits per heavy atom. The molecule has 2 N–H and O–H groups in total. The predicted octanol–water partition coefficient (Wildman–Crippen LogP) is 2.18. The van der Waals surface area contributed by atoms with Crippen molar-refractivity contribution in [1.82, 2.24) is 15.1 Å². The molecule has 0 bridgehead atoms. The number of amides is 4. The molecule has 1 aliphatic heterocycles. The summed E-state index contributed by atoms with van der Waals surface area (Å²) >= 11 is 0. The molecule has 0 aliphatic carbocycles. The van der Waals surface area contributed by atoms with Crippen molar-refractivity contribution in [2.45, 2.75) is 19.9 Å². The average molecular weight is 439 g/mol. The van der Waals surface area contributed by atoms with Gasteiger partial charge in [-0.25, -0.2) is 4.79 Å². The SMILES string of the molecule is COCC(=O)Nc1cccc(CNC(=O)N2CCN(C(=O)Cc3ccc(C)cc3)CC2)c1. The zero-order chi connectivity index (χ0) is 22.9. The molecule has 0 atom stereocenters. The second-order valence-electron chi connectivity index (χ2n) is 7.87. The Balaban J connectivity index is 1.43. The Morgan fingerprint density at radius 3 is 2.31 bits per heavy atom. The van der Waals surface area contributed by atoms with Crippen molar-refractivity contribution >= 4 is 23.5 Å². The molecule has 1 fully saturated rings. The lowest BCUT2D eigenvalue weighted by Gasteiger charge is -2.34. The summed E-state index contributed by atoms with van der Waals surface area (Å²) in [6.07, 6.45) is 0.379. The monoisotopic (exact) mass is 438 g/mol. The molecule has 3 rings (SSSR count). The second-order valence-corrected chi connectivity index (χ2v) is 7.87. The molecule has 0 unspecified atom stereocenters. The van der Waals surface area contributed by atoms with Crippen LogP contribution in [0, 0.1) is 6.92 Å². The maximum absolute atomic E-state index is 12.6. The number of urea groups is 1. The van der Waals surface area contributed by atoms with Gasteiger partial charge in [0.05, 0.1) is 6.42 Å². The summed E-state index contributed by atoms with van der Waals surface area (Å²) in [5.41, 5.74) is 3.70. The number of hydrogen-bond acceptors (Lipinski definition) is 4. The van der Waals surface area contributed by atoms with E-state index in [9.17, 15) is 14.4 Å². The van der Waals surface area contributed by atoms with Crippen LogP contribution in [0.15, 0.2) is 48.5 Å². The number of nitrogens with one attached hydrogen (secondary N) is 2. The minimum atomic E-state index is -0.233. The fraction of sp³-hybridized carbons (Fsp3) is 0.375. The van der Waals surface area contributed by atoms with E-state index in [0.29, 0.717) is 44.8 Å². The van der Waals surface area contributed by atoms with Crippen LogP contribution in [0.2, 0.25) is 0 Å². The number of methoxy groups -OCH3 is 1. The predicted molar refractivity (Wildman–Crippen MR) is 122 cm³/mol. The average Bonchev–Trinajstić information content (AvgIpc) is 2.79. The van der Waals surface area contributed by atoms with Gasteiger partial charge >= 0.3 is 6.03 Å². The lowest BCUT2D eigenvalue weighted by atomic mass is 10.1. The molecular weight excluding hydrogens is 408 g/mol. The molecule has 1 aliphatic rings. The lowest BCUT2D eigenvalue weighted by molar-refractivity contribution is -0.131. The first-order valence-electron chi connectivity index (χ1n) is 10.7. The summed E-state index contributed by atoms with van der Waals surface area (Å²) in [4.78, 5) is 40.3. The van der Waals surface area contributed by atoms with Crippen molar-refractivity contribution < 1.29 is 19.1 Å². The number of anilines is 1. The van der Waals surface area contributed by atoms with E-state index in [4.69, 9.17) is 4.74 Å². The third-order valence-corrected chi connectivity index (χ3v) is 5.33. The van der Waals surface area contributed by atoms with Crippen LogP contribution in [0.5, 0.6) is 0 Å². The molecule has 1 saturated heterocycles. The zero-order valence-corrected chi connectivity index (χ0v) is 18.6. The van der Waals surface area contributed by atoms with E-state index in [1.807, 2.05) is 54.3 Å². The van der Waals surface area contributed by atoms with Gasteiger partial charge in [0.2, 0.25) is 11.8 Å². The molecule has 0 saturated carbocycles. The lowest BCUT2D eigenvalue weighted by Crippen LogP contribution is -2.53. The van der Waals surface area contributed by atoms with Crippen molar-refractivity contribution in [1.29, 1.82) is 0 Å². The van der Waals surface area contributed by atoms with Crippen LogP contribution in [0.4, 0.5) is 10.5 Å². The van der Waals surface area contributed by atoms with Gasteiger partial charge in [-0.05, 0) is 30.2 Å². The third kappa shape index (κ3) is 6.81. The van der Waals surface area contributed by atoms with E-state index in [2.05, 4.69) is 10.6 Å². The van der Waals surface area contributed by atoms with Crippen LogP contribution >= 0.6 is 0 Å². The van der Waals surface area contributed by atoms with Crippen LogP contribution < -0.4 is 10.6 Å². The van der Waals surface area contributed by atoms with E-state index in [1.165, 1.54) is 12.7 Å². The summed E-state index contributed by atoms with van der Waals surface area (Å²) < 4.78 is 4.81. The molecule has 0 radical (unpaired) electrons. The minimum Gasteiger partial charge on any atom is -0.375 e. The van der Waals surface area contributed by atoms with Gasteiger partial charge in [0.25, 0.3) is 0 Å². The van der Waals surface area contributed by atoms with Gasteiger partial charge in [0.1, 0.15) is 6.61 Å². The Bertz CT molecular complexity index is 937. The third-order valence-electron chi connectivity index (χ3n) is 5.33. The molecule has 8 nitrogen and oxygen atoms in total. The molecule has 32 heavy (non-hydrogen) atoms. The first-order chi connectivity index (χ1) is 15.4. The summed E-state index contributed by atoms with van der Waals surface area (Å²) in [5.74, 6) is -0.148. The van der Waals surface area contributed by atoms with Crippen LogP contribution in [-0.2, 0) is 27.3 Å². The standard InChI is InChI=1S/C24H30N4O4/c1-18-6-8-19(9-7-18)15-23(30)27-10-12-28(13-11-27)24(31)25-16-20-4-3-5-21(14-20)26-22(29)17-32-2/h3-9,14H,10-13,15-17H2,1-2H3,(H,25,31)(H,26,29). The highest BCUT2D eigenvalue weighted by Gasteiger charge is 2.24. The minimum absolute atomic E-state index is 0.0134. The highest BCUT2D eigenvalue weighted by atomic mass is 16.5.